The largest absolute Gasteiger partial charge is 0.256 e. The van der Waals surface area contributed by atoms with Gasteiger partial charge in [0.1, 0.15) is 0 Å². The molecule has 78 valence electrons. The fourth-order valence-corrected chi connectivity index (χ4v) is 1.95. The Morgan fingerprint density at radius 3 is 2.38 bits per heavy atom. The van der Waals surface area contributed by atoms with Crippen molar-refractivity contribution in [3.63, 3.8) is 0 Å². The van der Waals surface area contributed by atoms with E-state index < -0.39 is 0 Å². The molecule has 0 fully saturated rings. The van der Waals surface area contributed by atoms with E-state index in [1.54, 1.807) is 0 Å². The highest BCUT2D eigenvalue weighted by Gasteiger charge is 2.11. The zero-order valence-corrected chi connectivity index (χ0v) is 9.06. The lowest BCUT2D eigenvalue weighted by Gasteiger charge is -2.18. The van der Waals surface area contributed by atoms with Crippen LogP contribution in [0.3, 0.4) is 0 Å². The van der Waals surface area contributed by atoms with Gasteiger partial charge in [-0.15, -0.1) is 0 Å². The monoisotopic (exact) mass is 207 g/mol. The Hall–Kier alpha value is -1.89. The molecule has 0 unspecified atom stereocenters. The van der Waals surface area contributed by atoms with Crippen LogP contribution in [0.25, 0.3) is 0 Å². The van der Waals surface area contributed by atoms with Crippen LogP contribution in [-0.2, 0) is 12.8 Å². The number of fused-ring (bicyclic) bond motifs is 1. The highest BCUT2D eigenvalue weighted by atomic mass is 14.7. The summed E-state index contributed by atoms with van der Waals surface area (Å²) in [6, 6.07) is 16.7. The summed E-state index contributed by atoms with van der Waals surface area (Å²) in [6.45, 7) is 0. The fourth-order valence-electron chi connectivity index (χ4n) is 1.95. The highest BCUT2D eigenvalue weighted by Crippen LogP contribution is 2.26. The van der Waals surface area contributed by atoms with Crippen molar-refractivity contribution < 1.29 is 0 Å². The van der Waals surface area contributed by atoms with Gasteiger partial charge in [-0.3, -0.25) is 4.99 Å². The van der Waals surface area contributed by atoms with E-state index in [0.29, 0.717) is 0 Å². The molecule has 0 bridgehead atoms. The molecule has 0 amide bonds. The summed E-state index contributed by atoms with van der Waals surface area (Å²) in [6.07, 6.45) is 4.36. The second-order valence-electron chi connectivity index (χ2n) is 4.12. The summed E-state index contributed by atoms with van der Waals surface area (Å²) in [4.78, 5) is 4.49. The van der Waals surface area contributed by atoms with Crippen LogP contribution in [0.1, 0.15) is 16.7 Å². The van der Waals surface area contributed by atoms with Gasteiger partial charge in [0.2, 0.25) is 0 Å². The first-order valence-corrected chi connectivity index (χ1v) is 5.63. The number of aliphatic imine (C=N–C) groups is 1. The van der Waals surface area contributed by atoms with E-state index in [-0.39, 0.29) is 0 Å². The van der Waals surface area contributed by atoms with Crippen LogP contribution in [0.2, 0.25) is 0 Å². The molecule has 1 nitrogen and oxygen atoms in total. The average molecular weight is 207 g/mol. The fraction of sp³-hybridized carbons (Fsp3) is 0.133. The van der Waals surface area contributed by atoms with Crippen LogP contribution < -0.4 is 0 Å². The van der Waals surface area contributed by atoms with Crippen LogP contribution in [-0.4, -0.2) is 6.21 Å². The molecule has 2 aromatic carbocycles. The van der Waals surface area contributed by atoms with Gasteiger partial charge in [-0.1, -0.05) is 36.4 Å². The van der Waals surface area contributed by atoms with Crippen molar-refractivity contribution in [1.82, 2.24) is 0 Å². The third-order valence-corrected chi connectivity index (χ3v) is 3.02. The molecule has 0 aromatic heterocycles. The number of rotatable bonds is 2. The lowest BCUT2D eigenvalue weighted by molar-refractivity contribution is 0.840. The minimum atomic E-state index is 1.06. The average Bonchev–Trinajstić information content (AvgIpc) is 2.31. The van der Waals surface area contributed by atoms with E-state index in [0.717, 1.165) is 11.3 Å². The molecule has 0 saturated heterocycles. The van der Waals surface area contributed by atoms with Crippen molar-refractivity contribution in [1.29, 1.82) is 0 Å². The quantitative estimate of drug-likeness (QED) is 0.668. The molecular formula is C15H13N. The van der Waals surface area contributed by atoms with Crippen molar-refractivity contribution >= 4 is 11.9 Å². The molecular weight excluding hydrogens is 194 g/mol. The second kappa shape index (κ2) is 3.93. The number of hydrogen-bond donors (Lipinski definition) is 0. The number of hydrogen-bond acceptors (Lipinski definition) is 1. The van der Waals surface area contributed by atoms with Crippen LogP contribution >= 0.6 is 0 Å². The number of nitrogens with zero attached hydrogens (tertiary/aromatic N) is 1. The van der Waals surface area contributed by atoms with Crippen molar-refractivity contribution in [2.24, 2.45) is 4.99 Å². The van der Waals surface area contributed by atoms with E-state index >= 15 is 0 Å². The zero-order valence-electron chi connectivity index (χ0n) is 9.06. The summed E-state index contributed by atoms with van der Waals surface area (Å²) < 4.78 is 0. The molecule has 0 radical (unpaired) electrons. The van der Waals surface area contributed by atoms with E-state index in [4.69, 9.17) is 0 Å². The standard InChI is InChI=1S/C15H13N/c1-2-4-12(5-3-1)11-16-15-9-8-13-6-7-14(13)10-15/h1-5,8-11H,6-7H2/b16-11+. The smallest absolute Gasteiger partial charge is 0.0632 e. The van der Waals surface area contributed by atoms with Gasteiger partial charge in [0.05, 0.1) is 5.69 Å². The molecule has 16 heavy (non-hydrogen) atoms. The minimum Gasteiger partial charge on any atom is -0.256 e. The van der Waals surface area contributed by atoms with Crippen LogP contribution in [0, 0.1) is 0 Å². The summed E-state index contributed by atoms with van der Waals surface area (Å²) in [5, 5.41) is 0. The first-order valence-electron chi connectivity index (χ1n) is 5.63. The molecule has 0 aliphatic heterocycles. The van der Waals surface area contributed by atoms with Gasteiger partial charge < -0.3 is 0 Å². The van der Waals surface area contributed by atoms with Crippen LogP contribution in [0.4, 0.5) is 5.69 Å². The normalized spacial score (nSPS) is 13.5. The Morgan fingerprint density at radius 1 is 0.875 bits per heavy atom. The van der Waals surface area contributed by atoms with E-state index in [2.05, 4.69) is 35.3 Å². The minimum absolute atomic E-state index is 1.06. The predicted molar refractivity (Wildman–Crippen MR) is 67.5 cm³/mol. The molecule has 0 heterocycles. The Bertz CT molecular complexity index is 526. The van der Waals surface area contributed by atoms with E-state index in [1.807, 2.05) is 24.4 Å². The first-order chi connectivity index (χ1) is 7.92. The topological polar surface area (TPSA) is 12.4 Å². The van der Waals surface area contributed by atoms with Gasteiger partial charge in [0.25, 0.3) is 0 Å². The molecule has 0 spiro atoms. The third-order valence-electron chi connectivity index (χ3n) is 3.02. The lowest BCUT2D eigenvalue weighted by atomic mass is 9.88. The maximum absolute atomic E-state index is 4.49. The van der Waals surface area contributed by atoms with Gasteiger partial charge >= 0.3 is 0 Å². The maximum Gasteiger partial charge on any atom is 0.0632 e. The molecule has 0 N–H and O–H groups in total. The van der Waals surface area contributed by atoms with Gasteiger partial charge in [-0.2, -0.15) is 0 Å². The van der Waals surface area contributed by atoms with Gasteiger partial charge in [-0.05, 0) is 41.7 Å². The van der Waals surface area contributed by atoms with Crippen LogP contribution in [0.15, 0.2) is 53.5 Å². The van der Waals surface area contributed by atoms with Crippen molar-refractivity contribution in [3.05, 3.63) is 65.2 Å². The Balaban J connectivity index is 1.84. The van der Waals surface area contributed by atoms with Gasteiger partial charge in [0.15, 0.2) is 0 Å². The van der Waals surface area contributed by atoms with E-state index in [9.17, 15) is 0 Å². The summed E-state index contributed by atoms with van der Waals surface area (Å²) in [5.41, 5.74) is 5.15. The molecule has 1 aliphatic carbocycles. The van der Waals surface area contributed by atoms with Crippen molar-refractivity contribution in [3.8, 4) is 0 Å². The molecule has 1 aliphatic rings. The summed E-state index contributed by atoms with van der Waals surface area (Å²) in [7, 11) is 0. The van der Waals surface area contributed by atoms with Gasteiger partial charge in [-0.25, -0.2) is 0 Å². The van der Waals surface area contributed by atoms with Crippen LogP contribution in [0.5, 0.6) is 0 Å². The Labute approximate surface area is 95.5 Å². The molecule has 2 aromatic rings. The third kappa shape index (κ3) is 1.76. The van der Waals surface area contributed by atoms with Gasteiger partial charge in [0, 0.05) is 6.21 Å². The zero-order chi connectivity index (χ0) is 10.8. The Morgan fingerprint density at radius 2 is 1.69 bits per heavy atom. The molecule has 3 rings (SSSR count). The Kier molecular flexibility index (Phi) is 2.30. The number of aryl methyl sites for hydroxylation is 2. The van der Waals surface area contributed by atoms with Crippen molar-refractivity contribution in [2.45, 2.75) is 12.8 Å². The number of benzene rings is 2. The second-order valence-corrected chi connectivity index (χ2v) is 4.12. The highest BCUT2D eigenvalue weighted by molar-refractivity contribution is 5.81. The van der Waals surface area contributed by atoms with E-state index in [1.165, 1.54) is 24.0 Å². The summed E-state index contributed by atoms with van der Waals surface area (Å²) >= 11 is 0. The predicted octanol–water partition coefficient (Wildman–Crippen LogP) is 3.54. The maximum atomic E-state index is 4.49. The molecule has 0 saturated carbocycles. The SMILES string of the molecule is C(=N\c1ccc2c(c1)CC2)/c1ccccc1. The molecule has 0 atom stereocenters. The molecule has 1 heteroatoms. The first kappa shape index (κ1) is 9.34. The summed E-state index contributed by atoms with van der Waals surface area (Å²) in [5.74, 6) is 0. The lowest BCUT2D eigenvalue weighted by Crippen LogP contribution is -2.06. The van der Waals surface area contributed by atoms with Crippen molar-refractivity contribution in [2.75, 3.05) is 0 Å².